The lowest BCUT2D eigenvalue weighted by Crippen LogP contribution is -2.22. The Morgan fingerprint density at radius 2 is 0.591 bits per heavy atom. The molecule has 44 heavy (non-hydrogen) atoms. The smallest absolute Gasteiger partial charge is 0.0460 e. The molecule has 0 amide bonds. The third-order valence-corrected chi connectivity index (χ3v) is 9.06. The fourth-order valence-electron chi connectivity index (χ4n) is 7.00. The van der Waals surface area contributed by atoms with Crippen LogP contribution >= 0.6 is 0 Å². The van der Waals surface area contributed by atoms with Crippen LogP contribution in [0, 0.1) is 0 Å². The maximum atomic E-state index is 2.51. The molecule has 0 N–H and O–H groups in total. The molecule has 5 aromatic rings. The lowest BCUT2D eigenvalue weighted by Gasteiger charge is -2.35. The van der Waals surface area contributed by atoms with Crippen LogP contribution in [0.3, 0.4) is 0 Å². The molecule has 0 atom stereocenters. The third kappa shape index (κ3) is 5.85. The Kier molecular flexibility index (Phi) is 8.41. The Morgan fingerprint density at radius 3 is 0.955 bits per heavy atom. The summed E-state index contributed by atoms with van der Waals surface area (Å²) in [6.07, 6.45) is 9.27. The highest BCUT2D eigenvalue weighted by Gasteiger charge is 2.25. The Hall–Kier alpha value is -4.82. The van der Waals surface area contributed by atoms with Crippen molar-refractivity contribution in [3.05, 3.63) is 168 Å². The van der Waals surface area contributed by atoms with Gasteiger partial charge in [-0.1, -0.05) is 97.1 Å². The van der Waals surface area contributed by atoms with Gasteiger partial charge in [-0.2, -0.15) is 0 Å². The zero-order valence-electron chi connectivity index (χ0n) is 25.4. The summed E-state index contributed by atoms with van der Waals surface area (Å²) in [5.74, 6) is 0. The highest BCUT2D eigenvalue weighted by molar-refractivity contribution is 5.83. The summed E-state index contributed by atoms with van der Waals surface area (Å²) in [6.45, 7) is 0. The molecule has 7 rings (SSSR count). The van der Waals surface area contributed by atoms with E-state index in [0.717, 1.165) is 25.7 Å². The van der Waals surface area contributed by atoms with Gasteiger partial charge in [0.2, 0.25) is 0 Å². The summed E-state index contributed by atoms with van der Waals surface area (Å²) in [4.78, 5) is 5.01. The van der Waals surface area contributed by atoms with Crippen molar-refractivity contribution in [3.63, 3.8) is 0 Å². The van der Waals surface area contributed by atoms with Crippen molar-refractivity contribution < 1.29 is 0 Å². The molecule has 2 nitrogen and oxygen atoms in total. The Bertz CT molecular complexity index is 1590. The van der Waals surface area contributed by atoms with Crippen LogP contribution in [0.5, 0.6) is 0 Å². The number of nitrogens with zero attached hydrogens (tertiary/aromatic N) is 2. The molecular weight excluding hydrogens is 532 g/mol. The predicted molar refractivity (Wildman–Crippen MR) is 187 cm³/mol. The molecule has 2 aliphatic carbocycles. The van der Waals surface area contributed by atoms with E-state index in [0.29, 0.717) is 0 Å². The maximum absolute atomic E-state index is 2.51. The van der Waals surface area contributed by atoms with E-state index < -0.39 is 0 Å². The van der Waals surface area contributed by atoms with Crippen molar-refractivity contribution in [1.82, 2.24) is 0 Å². The second kappa shape index (κ2) is 13.2. The number of para-hydroxylation sites is 2. The fourth-order valence-corrected chi connectivity index (χ4v) is 7.00. The topological polar surface area (TPSA) is 6.48 Å². The second-order valence-electron chi connectivity index (χ2n) is 11.9. The predicted octanol–water partition coefficient (Wildman–Crippen LogP) is 11.9. The fraction of sp³-hybridized carbons (Fsp3) is 0.190. The van der Waals surface area contributed by atoms with Gasteiger partial charge in [0.25, 0.3) is 0 Å². The average Bonchev–Trinajstić information content (AvgIpc) is 3.11. The van der Waals surface area contributed by atoms with Gasteiger partial charge in [-0.05, 0) is 122 Å². The van der Waals surface area contributed by atoms with Crippen molar-refractivity contribution in [2.24, 2.45) is 0 Å². The van der Waals surface area contributed by atoms with Gasteiger partial charge in [0.15, 0.2) is 0 Å². The molecular formula is C42H40N2. The number of anilines is 4. The molecule has 5 aromatic carbocycles. The van der Waals surface area contributed by atoms with E-state index in [1.54, 1.807) is 0 Å². The standard InChI is InChI=1S/C42H40N2/c1-5-17-33(18-6-1)39-25-13-15-27-41(39)43(35-21-9-3-10-22-35)37-29-31-38(32-30-37)44(36-23-11-4-12-24-36)42-28-16-14-26-40(42)34-19-7-2-8-20-34/h1-12,17-24,29-32H,13-16,25-28H2. The van der Waals surface area contributed by atoms with Crippen LogP contribution in [-0.4, -0.2) is 0 Å². The van der Waals surface area contributed by atoms with Gasteiger partial charge >= 0.3 is 0 Å². The van der Waals surface area contributed by atoms with E-state index >= 15 is 0 Å². The van der Waals surface area contributed by atoms with Crippen molar-refractivity contribution in [1.29, 1.82) is 0 Å². The maximum Gasteiger partial charge on any atom is 0.0460 e. The number of hydrogen-bond acceptors (Lipinski definition) is 2. The summed E-state index contributed by atoms with van der Waals surface area (Å²) >= 11 is 0. The van der Waals surface area contributed by atoms with Crippen LogP contribution in [0.1, 0.15) is 62.5 Å². The van der Waals surface area contributed by atoms with Crippen LogP contribution < -0.4 is 9.80 Å². The molecule has 0 fully saturated rings. The number of rotatable bonds is 8. The SMILES string of the molecule is c1ccc(C2=C(N(c3ccccc3)c3ccc(N(C4=C(c5ccccc5)CCCC4)c4ccccc4)cc3)CCCC2)cc1. The van der Waals surface area contributed by atoms with Gasteiger partial charge in [0, 0.05) is 34.1 Å². The highest BCUT2D eigenvalue weighted by atomic mass is 15.2. The van der Waals surface area contributed by atoms with E-state index in [1.165, 1.54) is 82.1 Å². The first-order chi connectivity index (χ1) is 21.9. The Labute approximate surface area is 262 Å². The summed E-state index contributed by atoms with van der Waals surface area (Å²) in [5.41, 5.74) is 13.3. The molecule has 0 unspecified atom stereocenters. The lowest BCUT2D eigenvalue weighted by molar-refractivity contribution is 0.703. The van der Waals surface area contributed by atoms with Crippen LogP contribution in [0.2, 0.25) is 0 Å². The van der Waals surface area contributed by atoms with Gasteiger partial charge in [-0.15, -0.1) is 0 Å². The minimum Gasteiger partial charge on any atom is -0.314 e. The van der Waals surface area contributed by atoms with Gasteiger partial charge < -0.3 is 9.80 Å². The Morgan fingerprint density at radius 1 is 0.295 bits per heavy atom. The van der Waals surface area contributed by atoms with E-state index in [1.807, 2.05) is 0 Å². The Balaban J connectivity index is 1.34. The highest BCUT2D eigenvalue weighted by Crippen LogP contribution is 2.43. The van der Waals surface area contributed by atoms with E-state index in [9.17, 15) is 0 Å². The first-order valence-electron chi connectivity index (χ1n) is 16.2. The molecule has 0 radical (unpaired) electrons. The first kappa shape index (κ1) is 28.0. The zero-order valence-corrected chi connectivity index (χ0v) is 25.4. The van der Waals surface area contributed by atoms with Crippen LogP contribution in [0.15, 0.2) is 157 Å². The molecule has 0 saturated carbocycles. The van der Waals surface area contributed by atoms with Crippen LogP contribution in [0.25, 0.3) is 11.1 Å². The largest absolute Gasteiger partial charge is 0.314 e. The number of allylic oxidation sites excluding steroid dienone is 4. The van der Waals surface area contributed by atoms with E-state index in [-0.39, 0.29) is 0 Å². The number of hydrogen-bond donors (Lipinski definition) is 0. The first-order valence-corrected chi connectivity index (χ1v) is 16.2. The third-order valence-electron chi connectivity index (χ3n) is 9.06. The van der Waals surface area contributed by atoms with Crippen LogP contribution in [0.4, 0.5) is 22.7 Å². The molecule has 218 valence electrons. The lowest BCUT2D eigenvalue weighted by atomic mass is 9.89. The number of benzene rings is 5. The van der Waals surface area contributed by atoms with Gasteiger partial charge in [-0.25, -0.2) is 0 Å². The summed E-state index contributed by atoms with van der Waals surface area (Å²) < 4.78 is 0. The van der Waals surface area contributed by atoms with Gasteiger partial charge in [0.1, 0.15) is 0 Å². The summed E-state index contributed by atoms with van der Waals surface area (Å²) in [7, 11) is 0. The quantitative estimate of drug-likeness (QED) is 0.182. The molecule has 0 saturated heterocycles. The second-order valence-corrected chi connectivity index (χ2v) is 11.9. The summed E-state index contributed by atoms with van der Waals surface area (Å²) in [5, 5.41) is 0. The normalized spacial score (nSPS) is 15.3. The molecule has 0 heterocycles. The average molecular weight is 573 g/mol. The molecule has 0 aromatic heterocycles. The monoisotopic (exact) mass is 572 g/mol. The minimum atomic E-state index is 1.07. The summed E-state index contributed by atoms with van der Waals surface area (Å²) in [6, 6.07) is 53.1. The van der Waals surface area contributed by atoms with Crippen LogP contribution in [-0.2, 0) is 0 Å². The van der Waals surface area contributed by atoms with Gasteiger partial charge in [0.05, 0.1) is 0 Å². The van der Waals surface area contributed by atoms with Gasteiger partial charge in [-0.3, -0.25) is 0 Å². The van der Waals surface area contributed by atoms with Crippen molar-refractivity contribution in [2.45, 2.75) is 51.4 Å². The molecule has 0 bridgehead atoms. The molecule has 2 heteroatoms. The van der Waals surface area contributed by atoms with E-state index in [2.05, 4.69) is 155 Å². The van der Waals surface area contributed by atoms with E-state index in [4.69, 9.17) is 0 Å². The van der Waals surface area contributed by atoms with Crippen molar-refractivity contribution in [2.75, 3.05) is 9.80 Å². The molecule has 0 aliphatic heterocycles. The molecule has 2 aliphatic rings. The van der Waals surface area contributed by atoms with Crippen molar-refractivity contribution >= 4 is 33.9 Å². The zero-order chi connectivity index (χ0) is 29.6. The van der Waals surface area contributed by atoms with Crippen molar-refractivity contribution in [3.8, 4) is 0 Å². The minimum absolute atomic E-state index is 1.07. The molecule has 0 spiro atoms.